The fourth-order valence-electron chi connectivity index (χ4n) is 2.54. The third kappa shape index (κ3) is 4.73. The Bertz CT molecular complexity index is 747. The van der Waals surface area contributed by atoms with Crippen LogP contribution in [0.25, 0.3) is 0 Å². The highest BCUT2D eigenvalue weighted by Crippen LogP contribution is 2.27. The van der Waals surface area contributed by atoms with Crippen LogP contribution in [-0.2, 0) is 14.8 Å². The van der Waals surface area contributed by atoms with Crippen molar-refractivity contribution in [3.05, 3.63) is 36.3 Å². The predicted molar refractivity (Wildman–Crippen MR) is 85.3 cm³/mol. The summed E-state index contributed by atoms with van der Waals surface area (Å²) in [6.07, 6.45) is -4.42. The summed E-state index contributed by atoms with van der Waals surface area (Å²) in [7, 11) is -2.10. The molecule has 1 fully saturated rings. The van der Waals surface area contributed by atoms with E-state index in [4.69, 9.17) is 0 Å². The van der Waals surface area contributed by atoms with E-state index in [1.54, 1.807) is 0 Å². The molecule has 1 saturated heterocycles. The maximum Gasteiger partial charge on any atom is 0.573 e. The second kappa shape index (κ2) is 7.04. The maximum atomic E-state index is 12.5. The molecule has 2 rings (SSSR count). The van der Waals surface area contributed by atoms with Crippen LogP contribution in [0.4, 0.5) is 18.9 Å². The largest absolute Gasteiger partial charge is 0.573 e. The van der Waals surface area contributed by atoms with Gasteiger partial charge in [-0.25, -0.2) is 8.42 Å². The van der Waals surface area contributed by atoms with E-state index in [0.717, 1.165) is 17.5 Å². The maximum absolute atomic E-state index is 12.5. The summed E-state index contributed by atoms with van der Waals surface area (Å²) in [5.41, 5.74) is 0.379. The fourth-order valence-corrected chi connectivity index (χ4v) is 3.50. The lowest BCUT2D eigenvalue weighted by Crippen LogP contribution is -2.35. The number of amides is 1. The Morgan fingerprint density at radius 3 is 2.48 bits per heavy atom. The molecule has 1 aliphatic rings. The minimum atomic E-state index is -4.78. The van der Waals surface area contributed by atoms with Gasteiger partial charge in [0.2, 0.25) is 15.9 Å². The predicted octanol–water partition coefficient (Wildman–Crippen LogP) is 2.34. The molecule has 0 radical (unpaired) electrons. The molecule has 0 aromatic heterocycles. The van der Waals surface area contributed by atoms with Gasteiger partial charge in [-0.05, 0) is 30.7 Å². The highest BCUT2D eigenvalue weighted by Gasteiger charge is 2.35. The summed E-state index contributed by atoms with van der Waals surface area (Å²) < 4.78 is 64.9. The zero-order chi connectivity index (χ0) is 18.8. The molecule has 0 N–H and O–H groups in total. The Balaban J connectivity index is 2.04. The number of anilines is 1. The second-order valence-electron chi connectivity index (χ2n) is 5.49. The SMILES string of the molecule is C=CS(=O)(=O)N1CC[C@@H](C(=O)N(C)c2ccc(OC(F)(F)F)cc2)C1. The Hall–Kier alpha value is -2.07. The Labute approximate surface area is 143 Å². The highest BCUT2D eigenvalue weighted by atomic mass is 32.2. The lowest BCUT2D eigenvalue weighted by molar-refractivity contribution is -0.274. The zero-order valence-electron chi connectivity index (χ0n) is 13.4. The quantitative estimate of drug-likeness (QED) is 0.789. The van der Waals surface area contributed by atoms with Crippen LogP contribution in [0.15, 0.2) is 36.3 Å². The van der Waals surface area contributed by atoms with Gasteiger partial charge in [0.05, 0.1) is 5.92 Å². The number of nitrogens with zero attached hydrogens (tertiary/aromatic N) is 2. The molecule has 1 aromatic carbocycles. The molecule has 25 heavy (non-hydrogen) atoms. The Morgan fingerprint density at radius 1 is 1.36 bits per heavy atom. The van der Waals surface area contributed by atoms with Crippen molar-refractivity contribution >= 4 is 21.6 Å². The summed E-state index contributed by atoms with van der Waals surface area (Å²) >= 11 is 0. The highest BCUT2D eigenvalue weighted by molar-refractivity contribution is 7.92. The molecule has 1 atom stereocenters. The van der Waals surface area contributed by atoms with Crippen molar-refractivity contribution in [1.29, 1.82) is 0 Å². The average Bonchev–Trinajstić information content (AvgIpc) is 3.03. The first-order chi connectivity index (χ1) is 11.5. The van der Waals surface area contributed by atoms with Crippen molar-refractivity contribution < 1.29 is 31.1 Å². The van der Waals surface area contributed by atoms with Gasteiger partial charge in [-0.15, -0.1) is 13.2 Å². The van der Waals surface area contributed by atoms with Crippen molar-refractivity contribution in [2.45, 2.75) is 12.8 Å². The molecule has 0 spiro atoms. The van der Waals surface area contributed by atoms with Gasteiger partial charge >= 0.3 is 6.36 Å². The topological polar surface area (TPSA) is 66.9 Å². The average molecular weight is 378 g/mol. The van der Waals surface area contributed by atoms with Gasteiger partial charge in [-0.3, -0.25) is 4.79 Å². The van der Waals surface area contributed by atoms with E-state index in [1.165, 1.54) is 28.4 Å². The van der Waals surface area contributed by atoms with E-state index in [0.29, 0.717) is 12.1 Å². The van der Waals surface area contributed by atoms with Crippen molar-refractivity contribution in [3.63, 3.8) is 0 Å². The lowest BCUT2D eigenvalue weighted by Gasteiger charge is -2.21. The summed E-state index contributed by atoms with van der Waals surface area (Å²) in [5, 5.41) is 0.836. The summed E-state index contributed by atoms with van der Waals surface area (Å²) in [4.78, 5) is 13.8. The molecule has 138 valence electrons. The standard InChI is InChI=1S/C15H17F3N2O4S/c1-3-25(22,23)20-9-8-11(10-20)14(21)19(2)12-4-6-13(7-5-12)24-15(16,17)18/h3-7,11H,1,8-10H2,2H3/t11-/m1/s1. The minimum absolute atomic E-state index is 0.0484. The van der Waals surface area contributed by atoms with E-state index in [2.05, 4.69) is 11.3 Å². The normalized spacial score (nSPS) is 18.8. The molecule has 1 heterocycles. The zero-order valence-corrected chi connectivity index (χ0v) is 14.2. The number of hydrogen-bond donors (Lipinski definition) is 0. The number of hydrogen-bond acceptors (Lipinski definition) is 4. The molecule has 0 aliphatic carbocycles. The number of carbonyl (C=O) groups excluding carboxylic acids is 1. The van der Waals surface area contributed by atoms with Crippen molar-refractivity contribution in [2.24, 2.45) is 5.92 Å². The van der Waals surface area contributed by atoms with E-state index < -0.39 is 22.3 Å². The smallest absolute Gasteiger partial charge is 0.406 e. The molecular formula is C15H17F3N2O4S. The van der Waals surface area contributed by atoms with Gasteiger partial charge in [0.25, 0.3) is 0 Å². The van der Waals surface area contributed by atoms with E-state index in [9.17, 15) is 26.4 Å². The first kappa shape index (κ1) is 19.3. The number of halogens is 3. The van der Waals surface area contributed by atoms with Crippen LogP contribution < -0.4 is 9.64 Å². The summed E-state index contributed by atoms with van der Waals surface area (Å²) in [6.45, 7) is 3.51. The first-order valence-electron chi connectivity index (χ1n) is 7.29. The molecule has 1 amide bonds. The third-order valence-electron chi connectivity index (χ3n) is 3.86. The van der Waals surface area contributed by atoms with Crippen LogP contribution in [0.1, 0.15) is 6.42 Å². The number of sulfonamides is 1. The van der Waals surface area contributed by atoms with Gasteiger partial charge in [0.15, 0.2) is 0 Å². The van der Waals surface area contributed by atoms with Crippen molar-refractivity contribution in [1.82, 2.24) is 4.31 Å². The molecule has 1 aromatic rings. The third-order valence-corrected chi connectivity index (χ3v) is 5.33. The molecule has 6 nitrogen and oxygen atoms in total. The van der Waals surface area contributed by atoms with Gasteiger partial charge < -0.3 is 9.64 Å². The molecular weight excluding hydrogens is 361 g/mol. The van der Waals surface area contributed by atoms with Crippen LogP contribution in [0, 0.1) is 5.92 Å². The van der Waals surface area contributed by atoms with Crippen LogP contribution in [0.2, 0.25) is 0 Å². The fraction of sp³-hybridized carbons (Fsp3) is 0.400. The molecule has 10 heteroatoms. The van der Waals surface area contributed by atoms with Crippen LogP contribution in [0.5, 0.6) is 5.75 Å². The second-order valence-corrected chi connectivity index (χ2v) is 7.37. The van der Waals surface area contributed by atoms with E-state index in [-0.39, 0.29) is 24.7 Å². The molecule has 0 unspecified atom stereocenters. The van der Waals surface area contributed by atoms with Crippen LogP contribution in [-0.4, -0.2) is 45.1 Å². The first-order valence-corrected chi connectivity index (χ1v) is 8.80. The number of alkyl halides is 3. The van der Waals surface area contributed by atoms with Crippen molar-refractivity contribution in [2.75, 3.05) is 25.0 Å². The van der Waals surface area contributed by atoms with Gasteiger partial charge in [0.1, 0.15) is 5.75 Å². The lowest BCUT2D eigenvalue weighted by atomic mass is 10.1. The summed E-state index contributed by atoms with van der Waals surface area (Å²) in [6, 6.07) is 4.86. The van der Waals surface area contributed by atoms with Gasteiger partial charge in [-0.2, -0.15) is 4.31 Å². The molecule has 0 saturated carbocycles. The summed E-state index contributed by atoms with van der Waals surface area (Å²) in [5.74, 6) is -1.22. The van der Waals surface area contributed by atoms with Crippen molar-refractivity contribution in [3.8, 4) is 5.75 Å². The van der Waals surface area contributed by atoms with Crippen LogP contribution >= 0.6 is 0 Å². The van der Waals surface area contributed by atoms with Gasteiger partial charge in [0, 0.05) is 31.2 Å². The Kier molecular flexibility index (Phi) is 5.43. The van der Waals surface area contributed by atoms with Crippen LogP contribution in [0.3, 0.4) is 0 Å². The van der Waals surface area contributed by atoms with E-state index >= 15 is 0 Å². The minimum Gasteiger partial charge on any atom is -0.406 e. The number of benzene rings is 1. The molecule has 1 aliphatic heterocycles. The number of carbonyl (C=O) groups is 1. The molecule has 0 bridgehead atoms. The van der Waals surface area contributed by atoms with E-state index in [1.807, 2.05) is 0 Å². The van der Waals surface area contributed by atoms with Gasteiger partial charge in [-0.1, -0.05) is 6.58 Å². The number of ether oxygens (including phenoxy) is 1. The monoisotopic (exact) mass is 378 g/mol. The Morgan fingerprint density at radius 2 is 1.96 bits per heavy atom. The number of rotatable bonds is 5.